The summed E-state index contributed by atoms with van der Waals surface area (Å²) in [5, 5.41) is 23.8. The van der Waals surface area contributed by atoms with Crippen LogP contribution in [0.25, 0.3) is 0 Å². The maximum atomic E-state index is 11.8. The summed E-state index contributed by atoms with van der Waals surface area (Å²) < 4.78 is 16.3. The summed E-state index contributed by atoms with van der Waals surface area (Å²) in [7, 11) is 0. The molecule has 0 spiro atoms. The monoisotopic (exact) mass is 365 g/mol. The lowest BCUT2D eigenvalue weighted by molar-refractivity contribution is -0.0698. The number of carbonyl (C=O) groups excluding carboxylic acids is 1. The van der Waals surface area contributed by atoms with Crippen LogP contribution in [-0.4, -0.2) is 52.9 Å². The van der Waals surface area contributed by atoms with Crippen molar-refractivity contribution in [3.63, 3.8) is 0 Å². The zero-order chi connectivity index (χ0) is 18.9. The number of aliphatic hydroxyl groups is 2. The summed E-state index contributed by atoms with van der Waals surface area (Å²) in [4.78, 5) is 11.8. The zero-order valence-electron chi connectivity index (χ0n) is 15.4. The normalized spacial score (nSPS) is 28.3. The lowest BCUT2D eigenvalue weighted by Crippen LogP contribution is -2.37. The van der Waals surface area contributed by atoms with Crippen molar-refractivity contribution in [2.24, 2.45) is 0 Å². The summed E-state index contributed by atoms with van der Waals surface area (Å²) in [5.74, 6) is 0.684. The topological polar surface area (TPSA) is 97.3 Å². The predicted octanol–water partition coefficient (Wildman–Crippen LogP) is 1.53. The van der Waals surface area contributed by atoms with Crippen molar-refractivity contribution in [3.05, 3.63) is 29.3 Å². The van der Waals surface area contributed by atoms with Crippen molar-refractivity contribution in [3.8, 4) is 5.75 Å². The molecule has 4 atom stereocenters. The van der Waals surface area contributed by atoms with E-state index < -0.39 is 36.2 Å². The summed E-state index contributed by atoms with van der Waals surface area (Å²) in [5.41, 5.74) is 1.60. The van der Waals surface area contributed by atoms with E-state index in [0.717, 1.165) is 18.5 Å². The SMILES string of the molecule is CC(C)(C)OC(=O)O[C@@H]1C[C@H](Oc2cccc3c2CNCC3)[C@@H](O)[C@H]1O. The molecule has 26 heavy (non-hydrogen) atoms. The van der Waals surface area contributed by atoms with Crippen molar-refractivity contribution in [1.29, 1.82) is 0 Å². The molecular formula is C19H27NO6. The second-order valence-electron chi connectivity index (χ2n) is 7.81. The number of ether oxygens (including phenoxy) is 3. The lowest BCUT2D eigenvalue weighted by Gasteiger charge is -2.24. The van der Waals surface area contributed by atoms with Gasteiger partial charge in [-0.15, -0.1) is 0 Å². The van der Waals surface area contributed by atoms with Crippen molar-refractivity contribution in [1.82, 2.24) is 5.32 Å². The fourth-order valence-electron chi connectivity index (χ4n) is 3.34. The van der Waals surface area contributed by atoms with Gasteiger partial charge in [0, 0.05) is 18.5 Å². The molecule has 1 aliphatic heterocycles. The molecule has 0 unspecified atom stereocenters. The van der Waals surface area contributed by atoms with Crippen LogP contribution in [0.2, 0.25) is 0 Å². The van der Waals surface area contributed by atoms with E-state index in [1.807, 2.05) is 12.1 Å². The van der Waals surface area contributed by atoms with E-state index in [9.17, 15) is 15.0 Å². The average molecular weight is 365 g/mol. The van der Waals surface area contributed by atoms with E-state index in [-0.39, 0.29) is 6.42 Å². The highest BCUT2D eigenvalue weighted by Crippen LogP contribution is 2.32. The van der Waals surface area contributed by atoms with E-state index in [1.165, 1.54) is 5.56 Å². The molecule has 0 aromatic heterocycles. The molecule has 0 amide bonds. The van der Waals surface area contributed by atoms with Gasteiger partial charge >= 0.3 is 6.16 Å². The van der Waals surface area contributed by atoms with Gasteiger partial charge < -0.3 is 29.7 Å². The summed E-state index contributed by atoms with van der Waals surface area (Å²) in [6.45, 7) is 6.81. The zero-order valence-corrected chi connectivity index (χ0v) is 15.4. The quantitative estimate of drug-likeness (QED) is 0.699. The number of hydrogen-bond donors (Lipinski definition) is 3. The van der Waals surface area contributed by atoms with Gasteiger partial charge in [-0.2, -0.15) is 0 Å². The minimum absolute atomic E-state index is 0.193. The standard InChI is InChI=1S/C19H27NO6/c1-19(2,3)26-18(23)25-15-9-14(16(21)17(15)22)24-13-6-4-5-11-7-8-20-10-12(11)13/h4-6,14-17,20-22H,7-10H2,1-3H3/t14-,15+,16+,17-/m0/s1. The molecule has 1 fully saturated rings. The highest BCUT2D eigenvalue weighted by atomic mass is 16.7. The van der Waals surface area contributed by atoms with Crippen LogP contribution in [0.15, 0.2) is 18.2 Å². The van der Waals surface area contributed by atoms with Gasteiger partial charge in [0.1, 0.15) is 35.8 Å². The van der Waals surface area contributed by atoms with Crippen LogP contribution in [0.1, 0.15) is 38.3 Å². The summed E-state index contributed by atoms with van der Waals surface area (Å²) in [6.07, 6.45) is -3.64. The minimum Gasteiger partial charge on any atom is -0.487 e. The fraction of sp³-hybridized carbons (Fsp3) is 0.632. The van der Waals surface area contributed by atoms with Crippen molar-refractivity contribution in [2.45, 2.75) is 70.2 Å². The van der Waals surface area contributed by atoms with E-state index in [2.05, 4.69) is 11.4 Å². The van der Waals surface area contributed by atoms with Crippen LogP contribution in [0.4, 0.5) is 4.79 Å². The summed E-state index contributed by atoms with van der Waals surface area (Å²) in [6, 6.07) is 5.84. The Bertz CT molecular complexity index is 656. The molecule has 1 aliphatic carbocycles. The highest BCUT2D eigenvalue weighted by molar-refractivity contribution is 5.60. The summed E-state index contributed by atoms with van der Waals surface area (Å²) >= 11 is 0. The Kier molecular flexibility index (Phi) is 5.41. The van der Waals surface area contributed by atoms with E-state index in [1.54, 1.807) is 20.8 Å². The first-order valence-corrected chi connectivity index (χ1v) is 8.98. The molecule has 7 nitrogen and oxygen atoms in total. The van der Waals surface area contributed by atoms with Gasteiger partial charge in [-0.25, -0.2) is 4.79 Å². The Morgan fingerprint density at radius 2 is 1.92 bits per heavy atom. The molecule has 3 rings (SSSR count). The first kappa shape index (κ1) is 18.9. The van der Waals surface area contributed by atoms with Crippen LogP contribution in [0.5, 0.6) is 5.75 Å². The molecule has 2 aliphatic rings. The Morgan fingerprint density at radius 1 is 1.19 bits per heavy atom. The Hall–Kier alpha value is -1.83. The molecule has 1 aromatic rings. The molecule has 7 heteroatoms. The number of nitrogens with one attached hydrogen (secondary N) is 1. The van der Waals surface area contributed by atoms with Gasteiger partial charge in [0.15, 0.2) is 0 Å². The van der Waals surface area contributed by atoms with E-state index in [0.29, 0.717) is 12.3 Å². The maximum Gasteiger partial charge on any atom is 0.509 e. The molecule has 0 radical (unpaired) electrons. The largest absolute Gasteiger partial charge is 0.509 e. The van der Waals surface area contributed by atoms with Crippen molar-refractivity contribution in [2.75, 3.05) is 6.54 Å². The van der Waals surface area contributed by atoms with Crippen LogP contribution < -0.4 is 10.1 Å². The third-order valence-electron chi connectivity index (χ3n) is 4.59. The Morgan fingerprint density at radius 3 is 2.65 bits per heavy atom. The first-order chi connectivity index (χ1) is 12.2. The molecule has 1 aromatic carbocycles. The van der Waals surface area contributed by atoms with E-state index >= 15 is 0 Å². The average Bonchev–Trinajstić information content (AvgIpc) is 2.81. The Labute approximate surface area is 153 Å². The maximum absolute atomic E-state index is 11.8. The number of carbonyl (C=O) groups is 1. The van der Waals surface area contributed by atoms with Crippen LogP contribution in [-0.2, 0) is 22.4 Å². The number of benzene rings is 1. The van der Waals surface area contributed by atoms with Gasteiger partial charge in [0.05, 0.1) is 0 Å². The molecule has 0 bridgehead atoms. The van der Waals surface area contributed by atoms with Gasteiger partial charge in [-0.05, 0) is 45.4 Å². The van der Waals surface area contributed by atoms with Crippen molar-refractivity contribution < 1.29 is 29.2 Å². The first-order valence-electron chi connectivity index (χ1n) is 8.98. The van der Waals surface area contributed by atoms with Crippen LogP contribution in [0.3, 0.4) is 0 Å². The van der Waals surface area contributed by atoms with Crippen LogP contribution in [0, 0.1) is 0 Å². The van der Waals surface area contributed by atoms with Gasteiger partial charge in [0.25, 0.3) is 0 Å². The molecule has 144 valence electrons. The lowest BCUT2D eigenvalue weighted by atomic mass is 10.0. The molecular weight excluding hydrogens is 338 g/mol. The second-order valence-corrected chi connectivity index (χ2v) is 7.81. The smallest absolute Gasteiger partial charge is 0.487 e. The third kappa shape index (κ3) is 4.28. The van der Waals surface area contributed by atoms with Crippen LogP contribution >= 0.6 is 0 Å². The highest BCUT2D eigenvalue weighted by Gasteiger charge is 2.46. The predicted molar refractivity (Wildman–Crippen MR) is 94.0 cm³/mol. The van der Waals surface area contributed by atoms with Gasteiger partial charge in [0.2, 0.25) is 0 Å². The third-order valence-corrected chi connectivity index (χ3v) is 4.59. The number of fused-ring (bicyclic) bond motifs is 1. The number of hydrogen-bond acceptors (Lipinski definition) is 7. The number of aliphatic hydroxyl groups excluding tert-OH is 2. The molecule has 0 saturated heterocycles. The minimum atomic E-state index is -1.22. The molecule has 1 saturated carbocycles. The number of rotatable bonds is 3. The second kappa shape index (κ2) is 7.42. The van der Waals surface area contributed by atoms with Crippen molar-refractivity contribution >= 4 is 6.16 Å². The fourth-order valence-corrected chi connectivity index (χ4v) is 3.34. The van der Waals surface area contributed by atoms with E-state index in [4.69, 9.17) is 14.2 Å². The van der Waals surface area contributed by atoms with Gasteiger partial charge in [-0.1, -0.05) is 12.1 Å². The molecule has 3 N–H and O–H groups in total. The molecule has 1 heterocycles. The van der Waals surface area contributed by atoms with Gasteiger partial charge in [-0.3, -0.25) is 0 Å². The Balaban J connectivity index is 1.66.